The zero-order valence-corrected chi connectivity index (χ0v) is 20.6. The van der Waals surface area contributed by atoms with Gasteiger partial charge in [-0.2, -0.15) is 0 Å². The second kappa shape index (κ2) is 15.9. The Morgan fingerprint density at radius 3 is 2.57 bits per heavy atom. The molecule has 0 bridgehead atoms. The third-order valence-corrected chi connectivity index (χ3v) is 4.22. The zero-order chi connectivity index (χ0) is 20.1. The Kier molecular flexibility index (Phi) is 15.3. The van der Waals surface area contributed by atoms with Gasteiger partial charge in [0.1, 0.15) is 0 Å². The van der Waals surface area contributed by atoms with Crippen molar-refractivity contribution in [3.8, 4) is 11.5 Å². The fourth-order valence-electron chi connectivity index (χ4n) is 2.52. The Morgan fingerprint density at radius 1 is 1.21 bits per heavy atom. The highest BCUT2D eigenvalue weighted by Crippen LogP contribution is 2.36. The van der Waals surface area contributed by atoms with E-state index in [1.165, 1.54) is 0 Å². The number of halogens is 2. The molecular weight excluding hydrogens is 495 g/mol. The van der Waals surface area contributed by atoms with Crippen molar-refractivity contribution in [3.63, 3.8) is 0 Å². The molecule has 1 rings (SSSR count). The molecule has 0 fully saturated rings. The Bertz CT molecular complexity index is 591. The first-order valence-corrected chi connectivity index (χ1v) is 9.54. The van der Waals surface area contributed by atoms with Crippen LogP contribution in [0.4, 0.5) is 0 Å². The van der Waals surface area contributed by atoms with E-state index in [0.717, 1.165) is 44.2 Å². The van der Waals surface area contributed by atoms with Crippen molar-refractivity contribution in [1.82, 2.24) is 15.5 Å². The average molecular weight is 529 g/mol. The van der Waals surface area contributed by atoms with E-state index in [1.807, 2.05) is 19.1 Å². The Morgan fingerprint density at radius 2 is 1.96 bits per heavy atom. The molecule has 0 heterocycles. The van der Waals surface area contributed by atoms with Crippen molar-refractivity contribution in [3.05, 3.63) is 22.7 Å². The van der Waals surface area contributed by atoms with Gasteiger partial charge in [-0.05, 0) is 38.1 Å². The van der Waals surface area contributed by atoms with Crippen LogP contribution in [0.5, 0.6) is 11.5 Å². The summed E-state index contributed by atoms with van der Waals surface area (Å²) >= 11 is 6.32. The molecule has 1 aromatic carbocycles. The van der Waals surface area contributed by atoms with Gasteiger partial charge in [0.25, 0.3) is 0 Å². The highest BCUT2D eigenvalue weighted by Gasteiger charge is 2.12. The summed E-state index contributed by atoms with van der Waals surface area (Å²) in [5.41, 5.74) is 0.986. The fraction of sp³-hybridized carbons (Fsp3) is 0.632. The number of aliphatic imine (C=N–C) groups is 1. The van der Waals surface area contributed by atoms with E-state index in [2.05, 4.69) is 27.6 Å². The number of benzene rings is 1. The molecule has 0 aliphatic heterocycles. The smallest absolute Gasteiger partial charge is 0.191 e. The van der Waals surface area contributed by atoms with Crippen molar-refractivity contribution in [2.45, 2.75) is 19.9 Å². The molecule has 0 saturated heterocycles. The predicted octanol–water partition coefficient (Wildman–Crippen LogP) is 3.00. The van der Waals surface area contributed by atoms with Gasteiger partial charge in [-0.15, -0.1) is 24.0 Å². The lowest BCUT2D eigenvalue weighted by atomic mass is 10.2. The quantitative estimate of drug-likeness (QED) is 0.188. The molecule has 0 spiro atoms. The van der Waals surface area contributed by atoms with Crippen molar-refractivity contribution in [1.29, 1.82) is 0 Å². The molecule has 0 radical (unpaired) electrons. The lowest BCUT2D eigenvalue weighted by Crippen LogP contribution is -2.40. The minimum Gasteiger partial charge on any atom is -0.493 e. The summed E-state index contributed by atoms with van der Waals surface area (Å²) in [7, 11) is 7.19. The van der Waals surface area contributed by atoms with Crippen molar-refractivity contribution in [2.24, 2.45) is 4.99 Å². The molecule has 0 amide bonds. The van der Waals surface area contributed by atoms with Crippen LogP contribution < -0.4 is 20.1 Å². The molecular formula is C19H34ClIN4O3. The topological polar surface area (TPSA) is 67.4 Å². The van der Waals surface area contributed by atoms with E-state index in [9.17, 15) is 0 Å². The SMILES string of the molecule is CCOc1c(Cl)cc(CNC(=NC)NCCN(C)CCCOC)cc1OC.I. The van der Waals surface area contributed by atoms with Gasteiger partial charge in [-0.25, -0.2) is 0 Å². The molecule has 0 saturated carbocycles. The van der Waals surface area contributed by atoms with Crippen molar-refractivity contribution in [2.75, 3.05) is 61.2 Å². The minimum atomic E-state index is 0. The zero-order valence-electron chi connectivity index (χ0n) is 17.5. The lowest BCUT2D eigenvalue weighted by Gasteiger charge is -2.18. The van der Waals surface area contributed by atoms with Crippen LogP contribution in [-0.2, 0) is 11.3 Å². The summed E-state index contributed by atoms with van der Waals surface area (Å²) < 4.78 is 16.0. The maximum atomic E-state index is 6.32. The highest BCUT2D eigenvalue weighted by molar-refractivity contribution is 14.0. The molecule has 0 unspecified atom stereocenters. The second-order valence-electron chi connectivity index (χ2n) is 6.04. The molecule has 0 aromatic heterocycles. The van der Waals surface area contributed by atoms with Gasteiger partial charge in [-0.3, -0.25) is 4.99 Å². The van der Waals surface area contributed by atoms with E-state index in [0.29, 0.717) is 29.7 Å². The molecule has 162 valence electrons. The lowest BCUT2D eigenvalue weighted by molar-refractivity contribution is 0.180. The van der Waals surface area contributed by atoms with Crippen LogP contribution in [0.25, 0.3) is 0 Å². The predicted molar refractivity (Wildman–Crippen MR) is 127 cm³/mol. The standard InChI is InChI=1S/C19H33ClN4O3.HI/c1-6-27-18-16(20)12-15(13-17(18)26-5)14-23-19(21-2)22-8-10-24(3)9-7-11-25-4;/h12-13H,6-11,14H2,1-5H3,(H2,21,22,23);1H. The average Bonchev–Trinajstić information content (AvgIpc) is 2.66. The minimum absolute atomic E-state index is 0. The summed E-state index contributed by atoms with van der Waals surface area (Å²) in [4.78, 5) is 6.51. The van der Waals surface area contributed by atoms with Gasteiger partial charge < -0.3 is 29.7 Å². The van der Waals surface area contributed by atoms with E-state index >= 15 is 0 Å². The number of methoxy groups -OCH3 is 2. The molecule has 7 nitrogen and oxygen atoms in total. The first-order valence-electron chi connectivity index (χ1n) is 9.16. The molecule has 2 N–H and O–H groups in total. The number of nitrogens with one attached hydrogen (secondary N) is 2. The van der Waals surface area contributed by atoms with Crippen LogP contribution in [0.3, 0.4) is 0 Å². The molecule has 0 aliphatic carbocycles. The first kappa shape index (κ1) is 27.0. The second-order valence-corrected chi connectivity index (χ2v) is 6.45. The first-order chi connectivity index (χ1) is 13.0. The molecule has 28 heavy (non-hydrogen) atoms. The molecule has 9 heteroatoms. The third-order valence-electron chi connectivity index (χ3n) is 3.94. The van der Waals surface area contributed by atoms with E-state index in [4.69, 9.17) is 25.8 Å². The molecule has 0 aliphatic rings. The monoisotopic (exact) mass is 528 g/mol. The number of hydrogen-bond acceptors (Lipinski definition) is 5. The third kappa shape index (κ3) is 9.99. The van der Waals surface area contributed by atoms with Gasteiger partial charge >= 0.3 is 0 Å². The maximum absolute atomic E-state index is 6.32. The number of ether oxygens (including phenoxy) is 3. The van der Waals surface area contributed by atoms with Gasteiger partial charge in [0.15, 0.2) is 17.5 Å². The van der Waals surface area contributed by atoms with E-state index in [1.54, 1.807) is 21.3 Å². The Balaban J connectivity index is 0.00000729. The molecule has 1 aromatic rings. The number of likely N-dealkylation sites (N-methyl/N-ethyl adjacent to an activating group) is 1. The van der Waals surface area contributed by atoms with Gasteiger partial charge in [0.2, 0.25) is 0 Å². The van der Waals surface area contributed by atoms with E-state index in [-0.39, 0.29) is 24.0 Å². The summed E-state index contributed by atoms with van der Waals surface area (Å²) in [5, 5.41) is 7.14. The van der Waals surface area contributed by atoms with E-state index < -0.39 is 0 Å². The van der Waals surface area contributed by atoms with Crippen LogP contribution in [0.2, 0.25) is 5.02 Å². The van der Waals surface area contributed by atoms with Gasteiger partial charge in [0, 0.05) is 46.9 Å². The Labute approximate surface area is 191 Å². The largest absolute Gasteiger partial charge is 0.493 e. The number of nitrogens with zero attached hydrogens (tertiary/aromatic N) is 2. The summed E-state index contributed by atoms with van der Waals surface area (Å²) in [6.45, 7) is 6.54. The normalized spacial score (nSPS) is 11.2. The maximum Gasteiger partial charge on any atom is 0.191 e. The van der Waals surface area contributed by atoms with Crippen molar-refractivity contribution >= 4 is 41.5 Å². The van der Waals surface area contributed by atoms with Crippen molar-refractivity contribution < 1.29 is 14.2 Å². The Hall–Kier alpha value is -0.970. The summed E-state index contributed by atoms with van der Waals surface area (Å²) in [6.07, 6.45) is 1.03. The van der Waals surface area contributed by atoms with Crippen LogP contribution >= 0.6 is 35.6 Å². The fourth-order valence-corrected chi connectivity index (χ4v) is 2.81. The summed E-state index contributed by atoms with van der Waals surface area (Å²) in [5.74, 6) is 1.94. The summed E-state index contributed by atoms with van der Waals surface area (Å²) in [6, 6.07) is 3.79. The number of rotatable bonds is 12. The van der Waals surface area contributed by atoms with Crippen LogP contribution in [0.15, 0.2) is 17.1 Å². The highest BCUT2D eigenvalue weighted by atomic mass is 127. The van der Waals surface area contributed by atoms with Gasteiger partial charge in [0.05, 0.1) is 18.7 Å². The van der Waals surface area contributed by atoms with Gasteiger partial charge in [-0.1, -0.05) is 11.6 Å². The number of hydrogen-bond donors (Lipinski definition) is 2. The van der Waals surface area contributed by atoms with Crippen LogP contribution in [0.1, 0.15) is 18.9 Å². The van der Waals surface area contributed by atoms with Crippen LogP contribution in [0, 0.1) is 0 Å². The number of guanidine groups is 1. The molecule has 0 atom stereocenters. The van der Waals surface area contributed by atoms with Crippen LogP contribution in [-0.4, -0.2) is 72.0 Å².